The van der Waals surface area contributed by atoms with Gasteiger partial charge in [-0.2, -0.15) is 21.4 Å². The van der Waals surface area contributed by atoms with Crippen molar-refractivity contribution >= 4 is 65.8 Å². The fraction of sp³-hybridized carbons (Fsp3) is 0.242. The third kappa shape index (κ3) is 8.03. The second-order valence-corrected chi connectivity index (χ2v) is 16.0. The van der Waals surface area contributed by atoms with Crippen molar-refractivity contribution in [2.45, 2.75) is 32.7 Å². The van der Waals surface area contributed by atoms with E-state index in [1.807, 2.05) is 100.0 Å². The molecule has 0 amide bonds. The summed E-state index contributed by atoms with van der Waals surface area (Å²) in [4.78, 5) is 4.08. The van der Waals surface area contributed by atoms with Crippen LogP contribution >= 0.6 is 22.7 Å². The summed E-state index contributed by atoms with van der Waals surface area (Å²) in [7, 11) is -8.28. The van der Waals surface area contributed by atoms with Crippen LogP contribution in [-0.4, -0.2) is 44.0 Å². The van der Waals surface area contributed by atoms with Crippen molar-refractivity contribution in [3.63, 3.8) is 0 Å². The van der Waals surface area contributed by atoms with Crippen LogP contribution in [0.1, 0.15) is 32.1 Å². The maximum atomic E-state index is 11.5. The Hall–Kier alpha value is -3.79. The molecule has 0 radical (unpaired) electrons. The van der Waals surface area contributed by atoms with Gasteiger partial charge in [0.2, 0.25) is 11.5 Å². The molecule has 2 N–H and O–H groups in total. The number of benzene rings is 2. The molecule has 1 aliphatic rings. The molecule has 246 valence electrons. The van der Waals surface area contributed by atoms with Crippen molar-refractivity contribution in [1.82, 2.24) is 0 Å². The van der Waals surface area contributed by atoms with Gasteiger partial charge < -0.3 is 14.1 Å². The molecule has 0 saturated carbocycles. The van der Waals surface area contributed by atoms with Crippen molar-refractivity contribution in [3.05, 3.63) is 94.8 Å². The van der Waals surface area contributed by atoms with Crippen molar-refractivity contribution in [3.8, 4) is 26.6 Å². The number of thiophene rings is 2. The molecule has 14 heteroatoms. The van der Waals surface area contributed by atoms with Gasteiger partial charge in [-0.05, 0) is 82.8 Å². The molecular formula is C33H33N2O8S4+. The molecule has 47 heavy (non-hydrogen) atoms. The lowest BCUT2D eigenvalue weighted by molar-refractivity contribution is -0.677. The fourth-order valence-corrected chi connectivity index (χ4v) is 7.88. The lowest BCUT2D eigenvalue weighted by atomic mass is 10.1. The van der Waals surface area contributed by atoms with E-state index in [0.29, 0.717) is 29.5 Å². The summed E-state index contributed by atoms with van der Waals surface area (Å²) in [5.74, 6) is 0.859. The summed E-state index contributed by atoms with van der Waals surface area (Å²) in [5.41, 5.74) is 5.06. The molecule has 0 spiro atoms. The summed E-state index contributed by atoms with van der Waals surface area (Å²) in [6.07, 6.45) is 4.70. The molecule has 5 aromatic rings. The average Bonchev–Trinajstić information content (AvgIpc) is 3.83. The van der Waals surface area contributed by atoms with E-state index in [-0.39, 0.29) is 37.4 Å². The third-order valence-corrected chi connectivity index (χ3v) is 11.1. The van der Waals surface area contributed by atoms with Crippen molar-refractivity contribution in [1.29, 1.82) is 0 Å². The number of nitrogens with zero attached hydrogens (tertiary/aromatic N) is 2. The number of allylic oxidation sites excluding steroid dienone is 2. The minimum Gasteiger partial charge on any atom is -0.439 e. The molecule has 1 aliphatic heterocycles. The average molecular weight is 714 g/mol. The molecule has 10 nitrogen and oxygen atoms in total. The highest BCUT2D eigenvalue weighted by atomic mass is 32.2. The first-order valence-corrected chi connectivity index (χ1v) is 19.9. The second kappa shape index (κ2) is 13.7. The van der Waals surface area contributed by atoms with Gasteiger partial charge in [0, 0.05) is 34.9 Å². The SMILES string of the molecule is CCC(/C=C1\Oc2ccc(-c3cccs3)cc2N1CCCS(=O)(=O)O)=C\c1oc2ccc(-c3cccs3)cc2[n+]1CCCS(=O)(=O)O. The van der Waals surface area contributed by atoms with E-state index >= 15 is 0 Å². The summed E-state index contributed by atoms with van der Waals surface area (Å²) in [5, 5.41) is 4.01. The van der Waals surface area contributed by atoms with Gasteiger partial charge in [-0.1, -0.05) is 19.1 Å². The summed E-state index contributed by atoms with van der Waals surface area (Å²) in [6.45, 7) is 2.56. The Bertz CT molecular complexity index is 2170. The first kappa shape index (κ1) is 33.1. The normalized spacial score (nSPS) is 14.7. The van der Waals surface area contributed by atoms with Gasteiger partial charge in [0.15, 0.2) is 12.3 Å². The topological polar surface area (TPSA) is 138 Å². The first-order chi connectivity index (χ1) is 22.5. The van der Waals surface area contributed by atoms with Crippen LogP contribution in [0.4, 0.5) is 5.69 Å². The highest BCUT2D eigenvalue weighted by Gasteiger charge is 2.28. The lowest BCUT2D eigenvalue weighted by Crippen LogP contribution is -2.36. The first-order valence-electron chi connectivity index (χ1n) is 14.9. The molecule has 4 heterocycles. The van der Waals surface area contributed by atoms with Gasteiger partial charge in [0.1, 0.15) is 0 Å². The van der Waals surface area contributed by atoms with Gasteiger partial charge in [-0.25, -0.2) is 0 Å². The maximum Gasteiger partial charge on any atom is 0.374 e. The molecule has 0 atom stereocenters. The van der Waals surface area contributed by atoms with E-state index in [4.69, 9.17) is 9.15 Å². The van der Waals surface area contributed by atoms with Crippen LogP contribution in [0.2, 0.25) is 0 Å². The van der Waals surface area contributed by atoms with Crippen molar-refractivity contribution < 1.29 is 39.7 Å². The van der Waals surface area contributed by atoms with Gasteiger partial charge in [-0.15, -0.1) is 22.7 Å². The van der Waals surface area contributed by atoms with Crippen LogP contribution in [0.15, 0.2) is 93.4 Å². The molecule has 6 rings (SSSR count). The highest BCUT2D eigenvalue weighted by Crippen LogP contribution is 2.43. The Balaban J connectivity index is 1.38. The molecule has 0 saturated heterocycles. The number of aryl methyl sites for hydroxylation is 1. The predicted octanol–water partition coefficient (Wildman–Crippen LogP) is 7.27. The smallest absolute Gasteiger partial charge is 0.374 e. The number of oxazole rings is 1. The maximum absolute atomic E-state index is 11.5. The Morgan fingerprint density at radius 1 is 0.894 bits per heavy atom. The van der Waals surface area contributed by atoms with E-state index in [0.717, 1.165) is 37.7 Å². The Morgan fingerprint density at radius 3 is 2.19 bits per heavy atom. The molecule has 0 bridgehead atoms. The quantitative estimate of drug-likeness (QED) is 0.0953. The van der Waals surface area contributed by atoms with E-state index in [9.17, 15) is 25.9 Å². The van der Waals surface area contributed by atoms with E-state index in [1.165, 1.54) is 0 Å². The molecule has 0 fully saturated rings. The molecule has 0 unspecified atom stereocenters. The summed E-state index contributed by atoms with van der Waals surface area (Å²) in [6, 6.07) is 19.8. The monoisotopic (exact) mass is 713 g/mol. The van der Waals surface area contributed by atoms with Gasteiger partial charge in [-0.3, -0.25) is 9.11 Å². The largest absolute Gasteiger partial charge is 0.439 e. The molecule has 0 aliphatic carbocycles. The predicted molar refractivity (Wildman–Crippen MR) is 186 cm³/mol. The summed E-state index contributed by atoms with van der Waals surface area (Å²) < 4.78 is 79.3. The minimum atomic E-state index is -4.14. The standard InChI is InChI=1S/C33H32N2O8S4/c1-2-23(19-32-34(13-5-17-46(36,37)38)26-21-24(9-11-28(26)42-32)30-7-3-15-44-30)20-33-35(14-6-18-47(39,40)41)27-22-25(10-12-29(27)43-33)31-8-4-16-45-31/h3-4,7-12,15-16,19-22H,2,5-6,13-14,17-18H2,1H3,(H-,36,37,38,39,40,41)/p+1. The lowest BCUT2D eigenvalue weighted by Gasteiger charge is -2.18. The van der Waals surface area contributed by atoms with Crippen molar-refractivity contribution in [2.24, 2.45) is 0 Å². The van der Waals surface area contributed by atoms with E-state index < -0.39 is 20.2 Å². The molecular weight excluding hydrogens is 681 g/mol. The van der Waals surface area contributed by atoms with Gasteiger partial charge in [0.25, 0.3) is 25.8 Å². The van der Waals surface area contributed by atoms with Crippen LogP contribution in [-0.2, 0) is 26.8 Å². The minimum absolute atomic E-state index is 0.178. The number of hydrogen-bond acceptors (Lipinski definition) is 9. The molecule has 2 aromatic carbocycles. The zero-order chi connectivity index (χ0) is 33.2. The zero-order valence-corrected chi connectivity index (χ0v) is 28.7. The number of rotatable bonds is 13. The Kier molecular flexibility index (Phi) is 9.69. The Labute approximate surface area is 281 Å². The Morgan fingerprint density at radius 2 is 1.55 bits per heavy atom. The number of fused-ring (bicyclic) bond motifs is 2. The number of anilines is 1. The number of hydrogen-bond donors (Lipinski definition) is 2. The van der Waals surface area contributed by atoms with Crippen LogP contribution in [0.25, 0.3) is 38.1 Å². The summed E-state index contributed by atoms with van der Waals surface area (Å²) >= 11 is 3.23. The van der Waals surface area contributed by atoms with E-state index in [1.54, 1.807) is 22.7 Å². The van der Waals surface area contributed by atoms with Gasteiger partial charge in [0.05, 0.1) is 23.3 Å². The van der Waals surface area contributed by atoms with Crippen LogP contribution in [0.5, 0.6) is 5.75 Å². The zero-order valence-electron chi connectivity index (χ0n) is 25.4. The van der Waals surface area contributed by atoms with Crippen molar-refractivity contribution in [2.75, 3.05) is 23.0 Å². The van der Waals surface area contributed by atoms with E-state index in [2.05, 4.69) is 0 Å². The molecule has 3 aromatic heterocycles. The van der Waals surface area contributed by atoms with Gasteiger partial charge >= 0.3 is 5.89 Å². The van der Waals surface area contributed by atoms with Crippen LogP contribution in [0.3, 0.4) is 0 Å². The number of aromatic nitrogens is 1. The second-order valence-electron chi connectivity index (χ2n) is 11.0. The fourth-order valence-electron chi connectivity index (χ4n) is 5.44. The van der Waals surface area contributed by atoms with Crippen LogP contribution < -0.4 is 14.2 Å². The van der Waals surface area contributed by atoms with Crippen LogP contribution in [0, 0.1) is 0 Å². The highest BCUT2D eigenvalue weighted by molar-refractivity contribution is 7.86. The third-order valence-electron chi connectivity index (χ3n) is 7.67. The number of ether oxygens (including phenoxy) is 1.